The summed E-state index contributed by atoms with van der Waals surface area (Å²) < 4.78 is 10.6. The SMILES string of the molecule is COc1ccc(-c2c(=O)n(-c3ccc4nn(C)cc4c3)nc3ccn(CC4CC4)c23)cn1. The van der Waals surface area contributed by atoms with Gasteiger partial charge in [-0.25, -0.2) is 4.98 Å². The lowest BCUT2D eigenvalue weighted by molar-refractivity contribution is 0.398. The van der Waals surface area contributed by atoms with E-state index in [1.165, 1.54) is 17.5 Å². The monoisotopic (exact) mass is 426 g/mol. The van der Waals surface area contributed by atoms with Crippen LogP contribution in [-0.4, -0.2) is 36.2 Å². The van der Waals surface area contributed by atoms with E-state index in [0.29, 0.717) is 23.0 Å². The van der Waals surface area contributed by atoms with Gasteiger partial charge in [0.05, 0.1) is 29.4 Å². The Labute approximate surface area is 183 Å². The molecule has 0 saturated heterocycles. The summed E-state index contributed by atoms with van der Waals surface area (Å²) in [7, 11) is 3.46. The lowest BCUT2D eigenvalue weighted by Crippen LogP contribution is -2.24. The minimum Gasteiger partial charge on any atom is -0.481 e. The van der Waals surface area contributed by atoms with Crippen LogP contribution in [0.3, 0.4) is 0 Å². The fourth-order valence-electron chi connectivity index (χ4n) is 4.26. The molecule has 0 atom stereocenters. The second kappa shape index (κ2) is 7.05. The number of pyridine rings is 1. The molecule has 1 fully saturated rings. The van der Waals surface area contributed by atoms with Gasteiger partial charge in [0, 0.05) is 49.2 Å². The Balaban J connectivity index is 1.61. The average molecular weight is 426 g/mol. The average Bonchev–Trinajstić information content (AvgIpc) is 3.41. The molecule has 0 spiro atoms. The van der Waals surface area contributed by atoms with E-state index in [4.69, 9.17) is 9.84 Å². The van der Waals surface area contributed by atoms with Gasteiger partial charge >= 0.3 is 0 Å². The summed E-state index contributed by atoms with van der Waals surface area (Å²) in [6, 6.07) is 11.4. The molecule has 0 radical (unpaired) electrons. The van der Waals surface area contributed by atoms with Crippen molar-refractivity contribution in [2.45, 2.75) is 19.4 Å². The van der Waals surface area contributed by atoms with Crippen LogP contribution in [0.1, 0.15) is 12.8 Å². The summed E-state index contributed by atoms with van der Waals surface area (Å²) in [6.07, 6.45) is 8.12. The van der Waals surface area contributed by atoms with E-state index in [1.54, 1.807) is 24.1 Å². The quantitative estimate of drug-likeness (QED) is 0.429. The molecule has 1 aromatic carbocycles. The van der Waals surface area contributed by atoms with Gasteiger partial charge in [0.25, 0.3) is 5.56 Å². The van der Waals surface area contributed by atoms with Crippen molar-refractivity contribution < 1.29 is 4.74 Å². The van der Waals surface area contributed by atoms with Crippen molar-refractivity contribution in [1.82, 2.24) is 29.1 Å². The van der Waals surface area contributed by atoms with Crippen LogP contribution in [-0.2, 0) is 13.6 Å². The molecule has 32 heavy (non-hydrogen) atoms. The van der Waals surface area contributed by atoms with Gasteiger partial charge in [-0.15, -0.1) is 0 Å². The molecule has 1 aliphatic rings. The lowest BCUT2D eigenvalue weighted by atomic mass is 10.1. The van der Waals surface area contributed by atoms with Crippen molar-refractivity contribution >= 4 is 21.9 Å². The standard InChI is InChI=1S/C24H22N6O2/c1-28-14-17-11-18(6-7-19(17)26-28)30-24(31)22(16-5-8-21(32-2)25-12-16)23-20(27-30)9-10-29(23)13-15-3-4-15/h5-12,14-15H,3-4,13H2,1-2H3. The Morgan fingerprint density at radius 1 is 1.09 bits per heavy atom. The van der Waals surface area contributed by atoms with Crippen LogP contribution < -0.4 is 10.3 Å². The van der Waals surface area contributed by atoms with Gasteiger partial charge in [-0.3, -0.25) is 9.48 Å². The summed E-state index contributed by atoms with van der Waals surface area (Å²) in [5.41, 5.74) is 4.38. The number of hydrogen-bond donors (Lipinski definition) is 0. The number of aromatic nitrogens is 6. The zero-order valence-corrected chi connectivity index (χ0v) is 17.9. The second-order valence-electron chi connectivity index (χ2n) is 8.37. The molecule has 6 rings (SSSR count). The molecule has 8 nitrogen and oxygen atoms in total. The number of ether oxygens (including phenoxy) is 1. The highest BCUT2D eigenvalue weighted by atomic mass is 16.5. The Morgan fingerprint density at radius 3 is 2.72 bits per heavy atom. The lowest BCUT2D eigenvalue weighted by Gasteiger charge is -2.12. The highest BCUT2D eigenvalue weighted by Gasteiger charge is 2.25. The first-order chi connectivity index (χ1) is 15.6. The van der Waals surface area contributed by atoms with Crippen LogP contribution in [0.25, 0.3) is 38.8 Å². The van der Waals surface area contributed by atoms with E-state index >= 15 is 0 Å². The van der Waals surface area contributed by atoms with Crippen molar-refractivity contribution in [2.75, 3.05) is 7.11 Å². The second-order valence-corrected chi connectivity index (χ2v) is 8.37. The van der Waals surface area contributed by atoms with Crippen molar-refractivity contribution in [3.05, 3.63) is 65.3 Å². The summed E-state index contributed by atoms with van der Waals surface area (Å²) in [5, 5.41) is 10.1. The van der Waals surface area contributed by atoms with E-state index in [-0.39, 0.29) is 5.56 Å². The normalized spacial score (nSPS) is 13.8. The van der Waals surface area contributed by atoms with Crippen molar-refractivity contribution in [3.8, 4) is 22.7 Å². The first-order valence-corrected chi connectivity index (χ1v) is 10.7. The van der Waals surface area contributed by atoms with Crippen LogP contribution in [0.2, 0.25) is 0 Å². The molecule has 0 aliphatic heterocycles. The molecule has 0 unspecified atom stereocenters. The van der Waals surface area contributed by atoms with E-state index in [9.17, 15) is 4.79 Å². The first-order valence-electron chi connectivity index (χ1n) is 10.7. The summed E-state index contributed by atoms with van der Waals surface area (Å²) in [4.78, 5) is 18.2. The summed E-state index contributed by atoms with van der Waals surface area (Å²) in [5.74, 6) is 1.18. The number of benzene rings is 1. The third-order valence-corrected chi connectivity index (χ3v) is 6.03. The molecule has 160 valence electrons. The minimum absolute atomic E-state index is 0.177. The van der Waals surface area contributed by atoms with Gasteiger partial charge in [0.1, 0.15) is 5.52 Å². The fraction of sp³-hybridized carbons (Fsp3) is 0.250. The zero-order chi connectivity index (χ0) is 21.8. The van der Waals surface area contributed by atoms with E-state index in [1.807, 2.05) is 49.8 Å². The van der Waals surface area contributed by atoms with Crippen molar-refractivity contribution in [1.29, 1.82) is 0 Å². The minimum atomic E-state index is -0.177. The maximum atomic E-state index is 13.8. The molecular weight excluding hydrogens is 404 g/mol. The van der Waals surface area contributed by atoms with Gasteiger partial charge in [-0.05, 0) is 49.1 Å². The number of aryl methyl sites for hydroxylation is 1. The third kappa shape index (κ3) is 3.07. The van der Waals surface area contributed by atoms with Crippen molar-refractivity contribution in [3.63, 3.8) is 0 Å². The van der Waals surface area contributed by atoms with Crippen LogP contribution in [0, 0.1) is 5.92 Å². The first kappa shape index (κ1) is 18.8. The number of hydrogen-bond acceptors (Lipinski definition) is 5. The van der Waals surface area contributed by atoms with E-state index in [2.05, 4.69) is 14.6 Å². The molecule has 4 aromatic heterocycles. The zero-order valence-electron chi connectivity index (χ0n) is 17.9. The number of fused-ring (bicyclic) bond motifs is 2. The van der Waals surface area contributed by atoms with Gasteiger partial charge in [0.2, 0.25) is 5.88 Å². The van der Waals surface area contributed by atoms with E-state index in [0.717, 1.165) is 34.0 Å². The van der Waals surface area contributed by atoms with Crippen LogP contribution in [0.15, 0.2) is 59.8 Å². The Morgan fingerprint density at radius 2 is 1.97 bits per heavy atom. The largest absolute Gasteiger partial charge is 0.481 e. The van der Waals surface area contributed by atoms with Gasteiger partial charge < -0.3 is 9.30 Å². The predicted molar refractivity (Wildman–Crippen MR) is 122 cm³/mol. The Hall–Kier alpha value is -3.94. The molecule has 4 heterocycles. The van der Waals surface area contributed by atoms with Crippen LogP contribution in [0.4, 0.5) is 0 Å². The van der Waals surface area contributed by atoms with Gasteiger partial charge in [-0.1, -0.05) is 0 Å². The molecule has 8 heteroatoms. The molecule has 5 aromatic rings. The van der Waals surface area contributed by atoms with Crippen LogP contribution in [0.5, 0.6) is 5.88 Å². The number of nitrogens with zero attached hydrogens (tertiary/aromatic N) is 6. The summed E-state index contributed by atoms with van der Waals surface area (Å²) in [6.45, 7) is 0.896. The molecule has 0 amide bonds. The smallest absolute Gasteiger partial charge is 0.281 e. The Bertz CT molecular complexity index is 1520. The third-order valence-electron chi connectivity index (χ3n) is 6.03. The van der Waals surface area contributed by atoms with Gasteiger partial charge in [0.15, 0.2) is 0 Å². The highest BCUT2D eigenvalue weighted by Crippen LogP contribution is 2.34. The molecule has 1 saturated carbocycles. The van der Waals surface area contributed by atoms with E-state index < -0.39 is 0 Å². The number of rotatable bonds is 5. The van der Waals surface area contributed by atoms with Crippen LogP contribution >= 0.6 is 0 Å². The topological polar surface area (TPSA) is 79.8 Å². The van der Waals surface area contributed by atoms with Crippen molar-refractivity contribution in [2.24, 2.45) is 13.0 Å². The van der Waals surface area contributed by atoms with Gasteiger partial charge in [-0.2, -0.15) is 14.9 Å². The highest BCUT2D eigenvalue weighted by molar-refractivity contribution is 5.92. The predicted octanol–water partition coefficient (Wildman–Crippen LogP) is 3.55. The molecule has 0 N–H and O–H groups in total. The summed E-state index contributed by atoms with van der Waals surface area (Å²) >= 11 is 0. The molecular formula is C24H22N6O2. The maximum Gasteiger partial charge on any atom is 0.281 e. The Kier molecular flexibility index (Phi) is 4.14. The maximum absolute atomic E-state index is 13.8. The molecule has 0 bridgehead atoms. The number of methoxy groups -OCH3 is 1. The molecule has 1 aliphatic carbocycles. The fourth-order valence-corrected chi connectivity index (χ4v) is 4.26.